The summed E-state index contributed by atoms with van der Waals surface area (Å²) >= 11 is 0. The molecular weight excluding hydrogens is 612 g/mol. The summed E-state index contributed by atoms with van der Waals surface area (Å²) in [5, 5.41) is 5.27. The highest BCUT2D eigenvalue weighted by molar-refractivity contribution is 6.11. The van der Waals surface area contributed by atoms with Gasteiger partial charge >= 0.3 is 0 Å². The molecule has 5 aromatic rings. The first-order valence-corrected chi connectivity index (χ1v) is 16.5. The molecule has 10 heteroatoms. The SMILES string of the molecule is CC(C)N1CCC(n2cc(-c3cc4nccc(Oc5ccc(CC(=O)C6(C(=O)Cc7ccc(F)cc7)CC6)cc5F)c4cn3)cn2)CC1. The molecule has 48 heavy (non-hydrogen) atoms. The van der Waals surface area contributed by atoms with Crippen molar-refractivity contribution in [2.75, 3.05) is 13.1 Å². The van der Waals surface area contributed by atoms with E-state index in [1.807, 2.05) is 23.1 Å². The van der Waals surface area contributed by atoms with E-state index in [9.17, 15) is 14.0 Å². The van der Waals surface area contributed by atoms with Crippen molar-refractivity contribution < 1.29 is 23.1 Å². The molecule has 1 saturated carbocycles. The number of hydrogen-bond donors (Lipinski definition) is 0. The van der Waals surface area contributed by atoms with Gasteiger partial charge in [-0.05, 0) is 87.1 Å². The zero-order valence-electron chi connectivity index (χ0n) is 27.0. The van der Waals surface area contributed by atoms with Gasteiger partial charge in [0.25, 0.3) is 0 Å². The number of aromatic nitrogens is 4. The number of Topliss-reactive ketones (excluding diaryl/α,β-unsaturated/α-hetero) is 2. The number of piperidine rings is 1. The molecule has 0 amide bonds. The lowest BCUT2D eigenvalue weighted by molar-refractivity contribution is -0.133. The van der Waals surface area contributed by atoms with Gasteiger partial charge in [-0.3, -0.25) is 24.2 Å². The summed E-state index contributed by atoms with van der Waals surface area (Å²) in [5.74, 6) is -1.01. The molecule has 0 radical (unpaired) electrons. The highest BCUT2D eigenvalue weighted by atomic mass is 19.1. The Hall–Kier alpha value is -4.83. The Morgan fingerprint density at radius 1 is 0.896 bits per heavy atom. The molecule has 0 atom stereocenters. The average Bonchev–Trinajstić information content (AvgIpc) is 3.77. The van der Waals surface area contributed by atoms with Crippen molar-refractivity contribution in [1.82, 2.24) is 24.6 Å². The van der Waals surface area contributed by atoms with Gasteiger partial charge in [0.15, 0.2) is 23.1 Å². The minimum atomic E-state index is -1.05. The van der Waals surface area contributed by atoms with Crippen LogP contribution in [0.5, 0.6) is 11.5 Å². The number of nitrogens with zero attached hydrogens (tertiary/aromatic N) is 5. The van der Waals surface area contributed by atoms with Gasteiger partial charge < -0.3 is 9.64 Å². The lowest BCUT2D eigenvalue weighted by atomic mass is 9.88. The van der Waals surface area contributed by atoms with Crippen molar-refractivity contribution in [1.29, 1.82) is 0 Å². The molecular formula is C38H37F2N5O3. The van der Waals surface area contributed by atoms with Gasteiger partial charge in [-0.2, -0.15) is 5.10 Å². The second kappa shape index (κ2) is 13.0. The Balaban J connectivity index is 1.01. The molecule has 8 nitrogen and oxygen atoms in total. The van der Waals surface area contributed by atoms with Crippen LogP contribution < -0.4 is 4.74 Å². The molecule has 4 heterocycles. The summed E-state index contributed by atoms with van der Waals surface area (Å²) < 4.78 is 36.6. The fourth-order valence-corrected chi connectivity index (χ4v) is 6.61. The number of ether oxygens (including phenoxy) is 1. The molecule has 2 aromatic carbocycles. The minimum Gasteiger partial charge on any atom is -0.453 e. The van der Waals surface area contributed by atoms with Gasteiger partial charge in [0.1, 0.15) is 11.6 Å². The van der Waals surface area contributed by atoms with Gasteiger partial charge in [-0.15, -0.1) is 0 Å². The number of likely N-dealkylation sites (tertiary alicyclic amines) is 1. The molecule has 2 aliphatic rings. The van der Waals surface area contributed by atoms with E-state index in [-0.39, 0.29) is 36.0 Å². The van der Waals surface area contributed by atoms with E-state index in [4.69, 9.17) is 4.74 Å². The van der Waals surface area contributed by atoms with Gasteiger partial charge in [0.2, 0.25) is 0 Å². The van der Waals surface area contributed by atoms with Gasteiger partial charge in [-0.25, -0.2) is 8.78 Å². The average molecular weight is 650 g/mol. The number of pyridine rings is 2. The predicted molar refractivity (Wildman–Crippen MR) is 178 cm³/mol. The van der Waals surface area contributed by atoms with Crippen LogP contribution in [0.1, 0.15) is 56.7 Å². The smallest absolute Gasteiger partial charge is 0.166 e. The van der Waals surface area contributed by atoms with Crippen LogP contribution in [-0.4, -0.2) is 55.3 Å². The molecule has 0 N–H and O–H groups in total. The Morgan fingerprint density at radius 2 is 1.60 bits per heavy atom. The van der Waals surface area contributed by atoms with E-state index < -0.39 is 11.2 Å². The maximum Gasteiger partial charge on any atom is 0.166 e. The third-order valence-corrected chi connectivity index (χ3v) is 9.76. The molecule has 0 bridgehead atoms. The van der Waals surface area contributed by atoms with Crippen LogP contribution in [0.3, 0.4) is 0 Å². The predicted octanol–water partition coefficient (Wildman–Crippen LogP) is 7.31. The minimum absolute atomic E-state index is 0.00101. The number of halogens is 2. The molecule has 1 saturated heterocycles. The lowest BCUT2D eigenvalue weighted by Crippen LogP contribution is -2.39. The molecule has 1 aliphatic heterocycles. The monoisotopic (exact) mass is 649 g/mol. The standard InChI is InChI=1S/C38H37F2N5O3/c1-24(2)44-15-10-29(11-16-44)45-23-27(21-43-45)32-20-33-30(22-42-32)34(9-14-41-33)48-35-8-5-26(17-31(35)40)19-37(47)38(12-13-38)36(46)18-25-3-6-28(39)7-4-25/h3-9,14,17,20-24,29H,10-13,15-16,18-19H2,1-2H3. The first-order chi connectivity index (χ1) is 23.2. The number of rotatable bonds is 11. The maximum atomic E-state index is 15.3. The molecule has 0 unspecified atom stereocenters. The summed E-state index contributed by atoms with van der Waals surface area (Å²) in [6.07, 6.45) is 10.2. The van der Waals surface area contributed by atoms with E-state index in [0.717, 1.165) is 37.2 Å². The first-order valence-electron chi connectivity index (χ1n) is 16.5. The highest BCUT2D eigenvalue weighted by Gasteiger charge is 2.54. The van der Waals surface area contributed by atoms with Gasteiger partial charge in [0.05, 0.1) is 34.3 Å². The number of benzene rings is 2. The van der Waals surface area contributed by atoms with E-state index in [0.29, 0.717) is 52.7 Å². The van der Waals surface area contributed by atoms with Crippen molar-refractivity contribution in [3.8, 4) is 22.8 Å². The van der Waals surface area contributed by atoms with Crippen molar-refractivity contribution in [2.24, 2.45) is 5.41 Å². The normalized spacial score (nSPS) is 16.4. The van der Waals surface area contributed by atoms with Crippen LogP contribution in [0.2, 0.25) is 0 Å². The maximum absolute atomic E-state index is 15.3. The summed E-state index contributed by atoms with van der Waals surface area (Å²) in [7, 11) is 0. The van der Waals surface area contributed by atoms with Crippen LogP contribution in [-0.2, 0) is 22.4 Å². The topological polar surface area (TPSA) is 90.2 Å². The molecule has 1 aliphatic carbocycles. The molecule has 7 rings (SSSR count). The Kier molecular flexibility index (Phi) is 8.60. The second-order valence-corrected chi connectivity index (χ2v) is 13.2. The molecule has 2 fully saturated rings. The quantitative estimate of drug-likeness (QED) is 0.139. The van der Waals surface area contributed by atoms with Crippen molar-refractivity contribution in [2.45, 2.75) is 64.5 Å². The van der Waals surface area contributed by atoms with Gasteiger partial charge in [0, 0.05) is 56.1 Å². The number of carbonyl (C=O) groups is 2. The molecule has 0 spiro atoms. The van der Waals surface area contributed by atoms with Crippen molar-refractivity contribution >= 4 is 22.5 Å². The van der Waals surface area contributed by atoms with Crippen LogP contribution in [0.15, 0.2) is 79.4 Å². The first kappa shape index (κ1) is 31.8. The Bertz CT molecular complexity index is 1980. The number of carbonyl (C=O) groups excluding carboxylic acids is 2. The van der Waals surface area contributed by atoms with E-state index in [2.05, 4.69) is 33.8 Å². The van der Waals surface area contributed by atoms with Crippen LogP contribution in [0, 0.1) is 17.0 Å². The van der Waals surface area contributed by atoms with E-state index in [1.165, 1.54) is 24.3 Å². The van der Waals surface area contributed by atoms with Crippen molar-refractivity contribution in [3.05, 3.63) is 102 Å². The molecule has 3 aromatic heterocycles. The van der Waals surface area contributed by atoms with Crippen LogP contribution in [0.4, 0.5) is 8.78 Å². The second-order valence-electron chi connectivity index (χ2n) is 13.2. The number of hydrogen-bond acceptors (Lipinski definition) is 7. The zero-order valence-corrected chi connectivity index (χ0v) is 27.0. The number of ketones is 2. The third-order valence-electron chi connectivity index (χ3n) is 9.76. The van der Waals surface area contributed by atoms with Crippen LogP contribution >= 0.6 is 0 Å². The fourth-order valence-electron chi connectivity index (χ4n) is 6.61. The summed E-state index contributed by atoms with van der Waals surface area (Å²) in [6, 6.07) is 14.6. The largest absolute Gasteiger partial charge is 0.453 e. The Morgan fingerprint density at radius 3 is 2.29 bits per heavy atom. The third kappa shape index (κ3) is 6.49. The summed E-state index contributed by atoms with van der Waals surface area (Å²) in [5.41, 5.74) is 2.36. The van der Waals surface area contributed by atoms with E-state index >= 15 is 4.39 Å². The van der Waals surface area contributed by atoms with Crippen LogP contribution in [0.25, 0.3) is 22.2 Å². The Labute approximate surface area is 277 Å². The summed E-state index contributed by atoms with van der Waals surface area (Å²) in [4.78, 5) is 37.9. The summed E-state index contributed by atoms with van der Waals surface area (Å²) in [6.45, 7) is 6.58. The lowest BCUT2D eigenvalue weighted by Gasteiger charge is -2.34. The van der Waals surface area contributed by atoms with Crippen molar-refractivity contribution in [3.63, 3.8) is 0 Å². The number of fused-ring (bicyclic) bond motifs is 1. The highest BCUT2D eigenvalue weighted by Crippen LogP contribution is 2.49. The zero-order chi connectivity index (χ0) is 33.4. The molecule has 246 valence electrons. The van der Waals surface area contributed by atoms with Gasteiger partial charge in [-0.1, -0.05) is 18.2 Å². The van der Waals surface area contributed by atoms with E-state index in [1.54, 1.807) is 36.7 Å². The fraction of sp³-hybridized carbons (Fsp3) is 0.342.